The lowest BCUT2D eigenvalue weighted by molar-refractivity contribution is 0.190. The molecule has 0 bridgehead atoms. The number of piperidine rings is 1. The van der Waals surface area contributed by atoms with Crippen molar-refractivity contribution in [2.24, 2.45) is 5.92 Å². The van der Waals surface area contributed by atoms with E-state index in [1.54, 1.807) is 0 Å². The zero-order valence-corrected chi connectivity index (χ0v) is 12.7. The molecule has 1 fully saturated rings. The van der Waals surface area contributed by atoms with Crippen molar-refractivity contribution in [2.45, 2.75) is 40.2 Å². The Balaban J connectivity index is 1.70. The number of hydrogen-bond acceptors (Lipinski definition) is 2. The first-order chi connectivity index (χ1) is 9.19. The summed E-state index contributed by atoms with van der Waals surface area (Å²) in [6.07, 6.45) is 2.71. The molecule has 106 valence electrons. The number of likely N-dealkylation sites (tertiary alicyclic amines) is 1. The number of nitrogens with zero attached hydrogens (tertiary/aromatic N) is 1. The summed E-state index contributed by atoms with van der Waals surface area (Å²) in [4.78, 5) is 2.56. The van der Waals surface area contributed by atoms with Crippen molar-refractivity contribution in [1.29, 1.82) is 0 Å². The van der Waals surface area contributed by atoms with Crippen LogP contribution in [-0.4, -0.2) is 31.1 Å². The highest BCUT2D eigenvalue weighted by molar-refractivity contribution is 5.29. The highest BCUT2D eigenvalue weighted by atomic mass is 15.1. The zero-order chi connectivity index (χ0) is 13.7. The van der Waals surface area contributed by atoms with Gasteiger partial charge in [-0.2, -0.15) is 0 Å². The minimum atomic E-state index is 0.870. The summed E-state index contributed by atoms with van der Waals surface area (Å²) in [5, 5.41) is 3.63. The summed E-state index contributed by atoms with van der Waals surface area (Å²) >= 11 is 0. The van der Waals surface area contributed by atoms with Crippen molar-refractivity contribution in [1.82, 2.24) is 10.2 Å². The summed E-state index contributed by atoms with van der Waals surface area (Å²) in [6, 6.07) is 6.78. The maximum atomic E-state index is 3.63. The molecule has 1 saturated heterocycles. The van der Waals surface area contributed by atoms with Crippen molar-refractivity contribution >= 4 is 0 Å². The number of benzene rings is 1. The molecule has 0 aliphatic carbocycles. The molecular formula is C17H28N2. The topological polar surface area (TPSA) is 15.3 Å². The fourth-order valence-corrected chi connectivity index (χ4v) is 2.84. The molecule has 1 aromatic rings. The van der Waals surface area contributed by atoms with Crippen LogP contribution in [0.3, 0.4) is 0 Å². The Kier molecular flexibility index (Phi) is 5.41. The van der Waals surface area contributed by atoms with E-state index in [9.17, 15) is 0 Å². The third-order valence-corrected chi connectivity index (χ3v) is 4.49. The SMILES string of the molecule is CCN1CCC(CNCc2ccc(C)c(C)c2)CC1. The maximum Gasteiger partial charge on any atom is 0.0205 e. The van der Waals surface area contributed by atoms with Crippen molar-refractivity contribution in [3.63, 3.8) is 0 Å². The van der Waals surface area contributed by atoms with Gasteiger partial charge in [-0.3, -0.25) is 0 Å². The lowest BCUT2D eigenvalue weighted by Crippen LogP contribution is -2.36. The Bertz CT molecular complexity index is 392. The summed E-state index contributed by atoms with van der Waals surface area (Å²) in [5.74, 6) is 0.870. The van der Waals surface area contributed by atoms with Crippen molar-refractivity contribution in [3.05, 3.63) is 34.9 Å². The van der Waals surface area contributed by atoms with Gasteiger partial charge in [-0.1, -0.05) is 25.1 Å². The Morgan fingerprint density at radius 2 is 1.89 bits per heavy atom. The second-order valence-electron chi connectivity index (χ2n) is 5.93. The van der Waals surface area contributed by atoms with E-state index in [4.69, 9.17) is 0 Å². The van der Waals surface area contributed by atoms with Gasteiger partial charge in [0, 0.05) is 6.54 Å². The Labute approximate surface area is 118 Å². The first kappa shape index (κ1) is 14.5. The molecule has 19 heavy (non-hydrogen) atoms. The average Bonchev–Trinajstić information content (AvgIpc) is 2.43. The van der Waals surface area contributed by atoms with Gasteiger partial charge in [-0.15, -0.1) is 0 Å². The maximum absolute atomic E-state index is 3.63. The van der Waals surface area contributed by atoms with Gasteiger partial charge in [0.1, 0.15) is 0 Å². The molecular weight excluding hydrogens is 232 g/mol. The summed E-state index contributed by atoms with van der Waals surface area (Å²) in [7, 11) is 0. The molecule has 0 spiro atoms. The fraction of sp³-hybridized carbons (Fsp3) is 0.647. The van der Waals surface area contributed by atoms with Crippen LogP contribution in [0.25, 0.3) is 0 Å². The van der Waals surface area contributed by atoms with Crippen LogP contribution >= 0.6 is 0 Å². The van der Waals surface area contributed by atoms with Crippen LogP contribution in [0.5, 0.6) is 0 Å². The van der Waals surface area contributed by atoms with Gasteiger partial charge in [0.25, 0.3) is 0 Å². The lowest BCUT2D eigenvalue weighted by Gasteiger charge is -2.31. The summed E-state index contributed by atoms with van der Waals surface area (Å²) < 4.78 is 0. The monoisotopic (exact) mass is 260 g/mol. The van der Waals surface area contributed by atoms with Gasteiger partial charge in [0.05, 0.1) is 0 Å². The van der Waals surface area contributed by atoms with Gasteiger partial charge in [0.15, 0.2) is 0 Å². The molecule has 1 aromatic carbocycles. The number of hydrogen-bond donors (Lipinski definition) is 1. The quantitative estimate of drug-likeness (QED) is 0.875. The van der Waals surface area contributed by atoms with E-state index in [1.807, 2.05) is 0 Å². The van der Waals surface area contributed by atoms with Crippen molar-refractivity contribution in [2.75, 3.05) is 26.2 Å². The van der Waals surface area contributed by atoms with E-state index >= 15 is 0 Å². The molecule has 2 rings (SSSR count). The summed E-state index contributed by atoms with van der Waals surface area (Å²) in [5.41, 5.74) is 4.19. The molecule has 2 nitrogen and oxygen atoms in total. The van der Waals surface area contributed by atoms with Crippen molar-refractivity contribution in [3.8, 4) is 0 Å². The normalized spacial score (nSPS) is 17.8. The van der Waals surface area contributed by atoms with E-state index < -0.39 is 0 Å². The molecule has 0 unspecified atom stereocenters. The fourth-order valence-electron chi connectivity index (χ4n) is 2.84. The Morgan fingerprint density at radius 1 is 1.16 bits per heavy atom. The third-order valence-electron chi connectivity index (χ3n) is 4.49. The average molecular weight is 260 g/mol. The van der Waals surface area contributed by atoms with Crippen LogP contribution in [0, 0.1) is 19.8 Å². The van der Waals surface area contributed by atoms with Crippen molar-refractivity contribution < 1.29 is 0 Å². The van der Waals surface area contributed by atoms with E-state index in [-0.39, 0.29) is 0 Å². The molecule has 2 heteroatoms. The molecule has 0 saturated carbocycles. The van der Waals surface area contributed by atoms with Gasteiger partial charge >= 0.3 is 0 Å². The van der Waals surface area contributed by atoms with E-state index in [0.29, 0.717) is 0 Å². The van der Waals surface area contributed by atoms with Gasteiger partial charge in [-0.05, 0) is 75.5 Å². The zero-order valence-electron chi connectivity index (χ0n) is 12.7. The molecule has 0 atom stereocenters. The largest absolute Gasteiger partial charge is 0.312 e. The lowest BCUT2D eigenvalue weighted by atomic mass is 9.96. The van der Waals surface area contributed by atoms with Gasteiger partial charge in [0.2, 0.25) is 0 Å². The first-order valence-corrected chi connectivity index (χ1v) is 7.68. The van der Waals surface area contributed by atoms with Crippen LogP contribution in [0.15, 0.2) is 18.2 Å². The highest BCUT2D eigenvalue weighted by Crippen LogP contribution is 2.16. The number of aryl methyl sites for hydroxylation is 2. The molecule has 0 radical (unpaired) electrons. The third kappa shape index (κ3) is 4.32. The van der Waals surface area contributed by atoms with E-state index in [2.05, 4.69) is 49.2 Å². The van der Waals surface area contributed by atoms with Crippen LogP contribution in [0.1, 0.15) is 36.5 Å². The molecule has 0 aromatic heterocycles. The molecule has 1 heterocycles. The minimum Gasteiger partial charge on any atom is -0.312 e. The predicted molar refractivity (Wildman–Crippen MR) is 82.5 cm³/mol. The minimum absolute atomic E-state index is 0.870. The van der Waals surface area contributed by atoms with Crippen LogP contribution in [-0.2, 0) is 6.54 Å². The molecule has 0 amide bonds. The van der Waals surface area contributed by atoms with Crippen LogP contribution < -0.4 is 5.32 Å². The first-order valence-electron chi connectivity index (χ1n) is 7.68. The predicted octanol–water partition coefficient (Wildman–Crippen LogP) is 3.12. The highest BCUT2D eigenvalue weighted by Gasteiger charge is 2.17. The Hall–Kier alpha value is -0.860. The number of rotatable bonds is 5. The molecule has 1 aliphatic heterocycles. The van der Waals surface area contributed by atoms with E-state index in [0.717, 1.165) is 12.5 Å². The number of nitrogens with one attached hydrogen (secondary N) is 1. The second-order valence-corrected chi connectivity index (χ2v) is 5.93. The van der Waals surface area contributed by atoms with Gasteiger partial charge < -0.3 is 10.2 Å². The summed E-state index contributed by atoms with van der Waals surface area (Å²) in [6.45, 7) is 12.6. The molecule has 1 aliphatic rings. The van der Waals surface area contributed by atoms with Crippen LogP contribution in [0.4, 0.5) is 0 Å². The Morgan fingerprint density at radius 3 is 2.53 bits per heavy atom. The van der Waals surface area contributed by atoms with E-state index in [1.165, 1.54) is 55.7 Å². The second kappa shape index (κ2) is 7.06. The smallest absolute Gasteiger partial charge is 0.0205 e. The standard InChI is InChI=1S/C17H28N2/c1-4-19-9-7-16(8-10-19)12-18-13-17-6-5-14(2)15(3)11-17/h5-6,11,16,18H,4,7-10,12-13H2,1-3H3. The van der Waals surface area contributed by atoms with Crippen LogP contribution in [0.2, 0.25) is 0 Å². The molecule has 1 N–H and O–H groups in total. The van der Waals surface area contributed by atoms with Gasteiger partial charge in [-0.25, -0.2) is 0 Å².